The summed E-state index contributed by atoms with van der Waals surface area (Å²) >= 11 is 0. The van der Waals surface area contributed by atoms with Crippen molar-refractivity contribution in [3.8, 4) is 11.5 Å². The minimum atomic E-state index is -0.279. The number of aromatic nitrogens is 1. The molecular formula is C28H25N3O4. The van der Waals surface area contributed by atoms with Crippen LogP contribution in [0.5, 0.6) is 11.5 Å². The molecule has 176 valence electrons. The molecular weight excluding hydrogens is 442 g/mol. The van der Waals surface area contributed by atoms with Crippen LogP contribution in [0.15, 0.2) is 66.7 Å². The van der Waals surface area contributed by atoms with Gasteiger partial charge < -0.3 is 20.1 Å². The molecule has 0 bridgehead atoms. The monoisotopic (exact) mass is 467 g/mol. The van der Waals surface area contributed by atoms with Gasteiger partial charge in [0.1, 0.15) is 0 Å². The molecule has 0 atom stereocenters. The van der Waals surface area contributed by atoms with Crippen molar-refractivity contribution in [2.75, 3.05) is 23.8 Å². The van der Waals surface area contributed by atoms with Gasteiger partial charge in [-0.25, -0.2) is 0 Å². The van der Waals surface area contributed by atoms with Gasteiger partial charge in [0.15, 0.2) is 11.5 Å². The summed E-state index contributed by atoms with van der Waals surface area (Å²) in [6.45, 7) is 4.97. The molecule has 35 heavy (non-hydrogen) atoms. The van der Waals surface area contributed by atoms with Gasteiger partial charge in [0.05, 0.1) is 18.7 Å². The summed E-state index contributed by atoms with van der Waals surface area (Å²) in [6.07, 6.45) is 0.795. The van der Waals surface area contributed by atoms with Crippen molar-refractivity contribution in [3.05, 3.63) is 89.1 Å². The molecule has 0 fully saturated rings. The highest BCUT2D eigenvalue weighted by atomic mass is 16.5. The molecule has 1 aliphatic rings. The minimum Gasteiger partial charge on any atom is -0.490 e. The summed E-state index contributed by atoms with van der Waals surface area (Å²) in [5.74, 6) is 0.688. The van der Waals surface area contributed by atoms with E-state index in [9.17, 15) is 9.59 Å². The summed E-state index contributed by atoms with van der Waals surface area (Å²) < 4.78 is 11.3. The second-order valence-corrected chi connectivity index (χ2v) is 8.51. The van der Waals surface area contributed by atoms with Crippen LogP contribution in [-0.2, 0) is 0 Å². The molecule has 1 aromatic heterocycles. The van der Waals surface area contributed by atoms with Crippen LogP contribution < -0.4 is 20.1 Å². The number of pyridine rings is 1. The van der Waals surface area contributed by atoms with E-state index < -0.39 is 0 Å². The van der Waals surface area contributed by atoms with E-state index in [0.29, 0.717) is 47.2 Å². The lowest BCUT2D eigenvalue weighted by Gasteiger charge is -2.13. The van der Waals surface area contributed by atoms with Crippen molar-refractivity contribution in [1.82, 2.24) is 4.98 Å². The third-order valence-corrected chi connectivity index (χ3v) is 5.84. The van der Waals surface area contributed by atoms with Crippen molar-refractivity contribution >= 4 is 34.1 Å². The predicted molar refractivity (Wildman–Crippen MR) is 136 cm³/mol. The number of ether oxygens (including phenoxy) is 2. The molecule has 0 saturated heterocycles. The zero-order valence-corrected chi connectivity index (χ0v) is 19.6. The number of benzene rings is 3. The van der Waals surface area contributed by atoms with E-state index in [1.807, 2.05) is 44.2 Å². The summed E-state index contributed by atoms with van der Waals surface area (Å²) in [6, 6.07) is 19.8. The maximum atomic E-state index is 13.0. The van der Waals surface area contributed by atoms with Crippen molar-refractivity contribution in [2.45, 2.75) is 20.3 Å². The minimum absolute atomic E-state index is 0.234. The maximum Gasteiger partial charge on any atom is 0.255 e. The average molecular weight is 468 g/mol. The molecule has 1 aliphatic heterocycles. The van der Waals surface area contributed by atoms with Gasteiger partial charge in [-0.05, 0) is 74.0 Å². The zero-order valence-electron chi connectivity index (χ0n) is 19.6. The van der Waals surface area contributed by atoms with E-state index >= 15 is 0 Å². The predicted octanol–water partition coefficient (Wildman–Crippen LogP) is 5.52. The Hall–Kier alpha value is -4.39. The van der Waals surface area contributed by atoms with E-state index in [2.05, 4.69) is 15.6 Å². The third-order valence-electron chi connectivity index (χ3n) is 5.84. The zero-order chi connectivity index (χ0) is 24.4. The fourth-order valence-corrected chi connectivity index (χ4v) is 3.91. The first-order valence-electron chi connectivity index (χ1n) is 11.5. The van der Waals surface area contributed by atoms with Gasteiger partial charge in [0, 0.05) is 40.0 Å². The highest BCUT2D eigenvalue weighted by Gasteiger charge is 2.15. The Morgan fingerprint density at radius 2 is 1.51 bits per heavy atom. The fourth-order valence-electron chi connectivity index (χ4n) is 3.91. The number of nitrogens with one attached hydrogen (secondary N) is 2. The Kier molecular flexibility index (Phi) is 6.06. The van der Waals surface area contributed by atoms with Crippen LogP contribution >= 0.6 is 0 Å². The molecule has 0 unspecified atom stereocenters. The number of amides is 2. The fraction of sp³-hybridized carbons (Fsp3) is 0.179. The first-order chi connectivity index (χ1) is 17.0. The molecule has 2 heterocycles. The van der Waals surface area contributed by atoms with E-state index in [0.717, 1.165) is 28.6 Å². The Morgan fingerprint density at radius 3 is 2.37 bits per heavy atom. The van der Waals surface area contributed by atoms with Crippen LogP contribution in [0.2, 0.25) is 0 Å². The number of carbonyl (C=O) groups excluding carboxylic acids is 2. The summed E-state index contributed by atoms with van der Waals surface area (Å²) in [5, 5.41) is 6.75. The molecule has 0 spiro atoms. The number of hydrogen-bond donors (Lipinski definition) is 2. The van der Waals surface area contributed by atoms with Crippen LogP contribution in [0, 0.1) is 13.8 Å². The summed E-state index contributed by atoms with van der Waals surface area (Å²) in [4.78, 5) is 30.3. The van der Waals surface area contributed by atoms with E-state index in [-0.39, 0.29) is 11.8 Å². The number of anilines is 2. The highest BCUT2D eigenvalue weighted by molar-refractivity contribution is 6.08. The van der Waals surface area contributed by atoms with Crippen molar-refractivity contribution in [3.63, 3.8) is 0 Å². The van der Waals surface area contributed by atoms with E-state index in [4.69, 9.17) is 9.47 Å². The van der Waals surface area contributed by atoms with Crippen molar-refractivity contribution < 1.29 is 19.1 Å². The number of aryl methyl sites for hydroxylation is 2. The van der Waals surface area contributed by atoms with Crippen LogP contribution in [-0.4, -0.2) is 30.0 Å². The third kappa shape index (κ3) is 4.94. The molecule has 7 heteroatoms. The topological polar surface area (TPSA) is 89.6 Å². The molecule has 3 aromatic carbocycles. The van der Waals surface area contributed by atoms with Crippen molar-refractivity contribution in [1.29, 1.82) is 0 Å². The van der Waals surface area contributed by atoms with E-state index in [1.54, 1.807) is 36.4 Å². The first-order valence-corrected chi connectivity index (χ1v) is 11.5. The van der Waals surface area contributed by atoms with Gasteiger partial charge in [-0.15, -0.1) is 0 Å². The van der Waals surface area contributed by atoms with Gasteiger partial charge in [-0.3, -0.25) is 14.6 Å². The Morgan fingerprint density at radius 1 is 0.771 bits per heavy atom. The van der Waals surface area contributed by atoms with Crippen LogP contribution in [0.1, 0.15) is 38.4 Å². The Labute approximate surface area is 203 Å². The molecule has 0 aliphatic carbocycles. The first kappa shape index (κ1) is 22.4. The molecule has 0 radical (unpaired) electrons. The summed E-state index contributed by atoms with van der Waals surface area (Å²) in [5.41, 5.74) is 4.83. The van der Waals surface area contributed by atoms with Crippen LogP contribution in [0.3, 0.4) is 0 Å². The molecule has 4 aromatic rings. The smallest absolute Gasteiger partial charge is 0.255 e. The standard InChI is InChI=1S/C28H25N3O4/c1-17-4-9-22(30-27(32)21-8-11-25-26(15-21)35-13-3-12-34-25)16-24(17)31-28(33)20-7-10-23-19(14-20)6-5-18(2)29-23/h4-11,14-16H,3,12-13H2,1-2H3,(H,30,32)(H,31,33). The van der Waals surface area contributed by atoms with Gasteiger partial charge in [0.2, 0.25) is 0 Å². The van der Waals surface area contributed by atoms with Gasteiger partial charge in [0.25, 0.3) is 11.8 Å². The van der Waals surface area contributed by atoms with Crippen LogP contribution in [0.4, 0.5) is 11.4 Å². The quantitative estimate of drug-likeness (QED) is 0.413. The molecule has 2 N–H and O–H groups in total. The Bertz CT molecular complexity index is 1450. The lowest BCUT2D eigenvalue weighted by molar-refractivity contribution is 0.101. The molecule has 7 nitrogen and oxygen atoms in total. The largest absolute Gasteiger partial charge is 0.490 e. The lowest BCUT2D eigenvalue weighted by atomic mass is 10.1. The van der Waals surface area contributed by atoms with E-state index in [1.165, 1.54) is 0 Å². The number of nitrogens with zero attached hydrogens (tertiary/aromatic N) is 1. The Balaban J connectivity index is 1.32. The highest BCUT2D eigenvalue weighted by Crippen LogP contribution is 2.31. The average Bonchev–Trinajstić information content (AvgIpc) is 3.10. The number of hydrogen-bond acceptors (Lipinski definition) is 5. The maximum absolute atomic E-state index is 13.0. The molecule has 5 rings (SSSR count). The number of rotatable bonds is 4. The summed E-state index contributed by atoms with van der Waals surface area (Å²) in [7, 11) is 0. The van der Waals surface area contributed by atoms with Crippen LogP contribution in [0.25, 0.3) is 10.9 Å². The second kappa shape index (κ2) is 9.46. The van der Waals surface area contributed by atoms with Gasteiger partial charge >= 0.3 is 0 Å². The van der Waals surface area contributed by atoms with Crippen molar-refractivity contribution in [2.24, 2.45) is 0 Å². The molecule has 2 amide bonds. The number of carbonyl (C=O) groups is 2. The normalized spacial score (nSPS) is 12.6. The second-order valence-electron chi connectivity index (χ2n) is 8.51. The van der Waals surface area contributed by atoms with Gasteiger partial charge in [-0.2, -0.15) is 0 Å². The molecule has 0 saturated carbocycles. The lowest BCUT2D eigenvalue weighted by Crippen LogP contribution is -2.15. The SMILES string of the molecule is Cc1ccc2cc(C(=O)Nc3cc(NC(=O)c4ccc5c(c4)OCCCO5)ccc3C)ccc2n1. The number of fused-ring (bicyclic) bond motifs is 2. The van der Waals surface area contributed by atoms with Gasteiger partial charge in [-0.1, -0.05) is 12.1 Å².